The molecule has 174 valence electrons. The first-order valence-corrected chi connectivity index (χ1v) is 11.5. The minimum absolute atomic E-state index is 0.0467. The molecule has 8 nitrogen and oxygen atoms in total. The lowest BCUT2D eigenvalue weighted by atomic mass is 10.1. The summed E-state index contributed by atoms with van der Waals surface area (Å²) in [5.74, 6) is 0.945. The Balaban J connectivity index is 1.27. The highest BCUT2D eigenvalue weighted by Gasteiger charge is 2.30. The number of piperazine rings is 1. The number of aromatic nitrogens is 3. The maximum Gasteiger partial charge on any atom is 0.322 e. The number of anilines is 3. The van der Waals surface area contributed by atoms with Gasteiger partial charge in [0, 0.05) is 75.5 Å². The van der Waals surface area contributed by atoms with Gasteiger partial charge >= 0.3 is 6.03 Å². The number of hydrogen-bond acceptors (Lipinski definition) is 6. The van der Waals surface area contributed by atoms with Crippen LogP contribution in [0.25, 0.3) is 11.6 Å². The van der Waals surface area contributed by atoms with Crippen LogP contribution in [0.1, 0.15) is 23.7 Å². The zero-order valence-electron chi connectivity index (χ0n) is 19.8. The van der Waals surface area contributed by atoms with Crippen LogP contribution in [-0.2, 0) is 6.42 Å². The summed E-state index contributed by atoms with van der Waals surface area (Å²) in [6.07, 6.45) is 8.27. The molecule has 34 heavy (non-hydrogen) atoms. The number of benzene rings is 1. The molecule has 1 aliphatic heterocycles. The van der Waals surface area contributed by atoms with E-state index < -0.39 is 0 Å². The third-order valence-electron chi connectivity index (χ3n) is 6.50. The van der Waals surface area contributed by atoms with Crippen LogP contribution < -0.4 is 15.1 Å². The fourth-order valence-corrected chi connectivity index (χ4v) is 4.61. The van der Waals surface area contributed by atoms with Gasteiger partial charge in [0.2, 0.25) is 0 Å². The van der Waals surface area contributed by atoms with Crippen molar-refractivity contribution in [2.24, 2.45) is 0 Å². The van der Waals surface area contributed by atoms with Crippen LogP contribution in [0.2, 0.25) is 0 Å². The van der Waals surface area contributed by atoms with Gasteiger partial charge in [-0.3, -0.25) is 4.98 Å². The van der Waals surface area contributed by atoms with E-state index in [1.165, 1.54) is 5.57 Å². The molecular weight excluding hydrogens is 426 g/mol. The van der Waals surface area contributed by atoms with E-state index in [2.05, 4.69) is 38.2 Å². The molecule has 2 amide bonds. The van der Waals surface area contributed by atoms with Gasteiger partial charge in [-0.1, -0.05) is 0 Å². The van der Waals surface area contributed by atoms with Crippen LogP contribution in [0.3, 0.4) is 0 Å². The van der Waals surface area contributed by atoms with Crippen molar-refractivity contribution in [2.75, 3.05) is 48.8 Å². The second-order valence-electron chi connectivity index (χ2n) is 9.00. The maximum atomic E-state index is 13.0. The van der Waals surface area contributed by atoms with Gasteiger partial charge < -0.3 is 20.0 Å². The van der Waals surface area contributed by atoms with Gasteiger partial charge in [-0.05, 0) is 60.5 Å². The summed E-state index contributed by atoms with van der Waals surface area (Å²) in [4.78, 5) is 32.5. The number of fused-ring (bicyclic) bond motifs is 1. The van der Waals surface area contributed by atoms with Gasteiger partial charge in [0.05, 0.1) is 5.69 Å². The number of rotatable bonds is 4. The minimum atomic E-state index is -0.0717. The third-order valence-corrected chi connectivity index (χ3v) is 6.50. The van der Waals surface area contributed by atoms with Crippen LogP contribution in [0, 0.1) is 0 Å². The number of carbonyl (C=O) groups excluding carboxylic acids is 1. The van der Waals surface area contributed by atoms with Crippen molar-refractivity contribution in [1.82, 2.24) is 19.9 Å². The number of carbonyl (C=O) groups is 1. The molecule has 1 atom stereocenters. The standard InChI is InChI=1S/C26H29N7O/c1-18-16-32(12-13-33(18)26(34)30-21-4-6-22(7-5-21)31(2)3)25-23-14-20(15-24(23)28-17-29-25)19-8-10-27-11-9-19/h4-11,14,17-18H,12-13,15-16H2,1-3H3,(H,30,34)/t18-/m1/s1. The van der Waals surface area contributed by atoms with Crippen molar-refractivity contribution in [3.05, 3.63) is 71.9 Å². The molecule has 1 fully saturated rings. The normalized spacial score (nSPS) is 17.3. The molecule has 2 aromatic heterocycles. The van der Waals surface area contributed by atoms with Gasteiger partial charge in [0.25, 0.3) is 0 Å². The summed E-state index contributed by atoms with van der Waals surface area (Å²) in [5, 5.41) is 3.04. The molecule has 1 saturated heterocycles. The van der Waals surface area contributed by atoms with E-state index >= 15 is 0 Å². The number of nitrogens with zero attached hydrogens (tertiary/aromatic N) is 6. The average molecular weight is 456 g/mol. The third kappa shape index (κ3) is 4.31. The number of pyridine rings is 1. The summed E-state index contributed by atoms with van der Waals surface area (Å²) in [7, 11) is 4.00. The highest BCUT2D eigenvalue weighted by Crippen LogP contribution is 2.35. The maximum absolute atomic E-state index is 13.0. The van der Waals surface area contributed by atoms with E-state index in [1.54, 1.807) is 6.33 Å². The molecule has 0 radical (unpaired) electrons. The number of urea groups is 1. The summed E-state index contributed by atoms with van der Waals surface area (Å²) < 4.78 is 0. The van der Waals surface area contributed by atoms with E-state index in [0.29, 0.717) is 6.54 Å². The highest BCUT2D eigenvalue weighted by molar-refractivity contribution is 5.92. The quantitative estimate of drug-likeness (QED) is 0.645. The van der Waals surface area contributed by atoms with Crippen LogP contribution in [0.15, 0.2) is 55.1 Å². The Morgan fingerprint density at radius 2 is 1.82 bits per heavy atom. The van der Waals surface area contributed by atoms with Gasteiger partial charge in [-0.15, -0.1) is 0 Å². The Morgan fingerprint density at radius 1 is 1.06 bits per heavy atom. The summed E-state index contributed by atoms with van der Waals surface area (Å²) in [6, 6.07) is 11.9. The van der Waals surface area contributed by atoms with Crippen LogP contribution in [-0.4, -0.2) is 65.7 Å². The molecule has 5 rings (SSSR count). The second-order valence-corrected chi connectivity index (χ2v) is 9.00. The van der Waals surface area contributed by atoms with Crippen molar-refractivity contribution < 1.29 is 4.79 Å². The molecule has 0 unspecified atom stereocenters. The Morgan fingerprint density at radius 3 is 2.53 bits per heavy atom. The Labute approximate surface area is 200 Å². The predicted molar refractivity (Wildman–Crippen MR) is 136 cm³/mol. The first kappa shape index (κ1) is 21.9. The van der Waals surface area contributed by atoms with E-state index in [-0.39, 0.29) is 12.1 Å². The molecule has 1 aromatic carbocycles. The molecule has 0 bridgehead atoms. The van der Waals surface area contributed by atoms with Crippen molar-refractivity contribution in [3.8, 4) is 0 Å². The molecule has 0 spiro atoms. The van der Waals surface area contributed by atoms with Gasteiger partial charge in [0.15, 0.2) is 0 Å². The zero-order valence-corrected chi connectivity index (χ0v) is 19.8. The molecule has 2 aliphatic rings. The first-order chi connectivity index (χ1) is 16.5. The van der Waals surface area contributed by atoms with Crippen molar-refractivity contribution >= 4 is 34.9 Å². The fraction of sp³-hybridized carbons (Fsp3) is 0.308. The SMILES string of the molecule is C[C@@H]1CN(c2ncnc3c2C=C(c2ccncc2)C3)CCN1C(=O)Nc1ccc(N(C)C)cc1. The first-order valence-electron chi connectivity index (χ1n) is 11.5. The largest absolute Gasteiger partial charge is 0.378 e. The minimum Gasteiger partial charge on any atom is -0.378 e. The van der Waals surface area contributed by atoms with E-state index in [1.807, 2.05) is 72.7 Å². The van der Waals surface area contributed by atoms with Crippen LogP contribution in [0.4, 0.5) is 22.0 Å². The smallest absolute Gasteiger partial charge is 0.322 e. The number of allylic oxidation sites excluding steroid dienone is 1. The molecule has 8 heteroatoms. The molecule has 3 aromatic rings. The summed E-state index contributed by atoms with van der Waals surface area (Å²) >= 11 is 0. The predicted octanol–water partition coefficient (Wildman–Crippen LogP) is 3.78. The van der Waals surface area contributed by atoms with Crippen LogP contribution in [0.5, 0.6) is 0 Å². The van der Waals surface area contributed by atoms with Crippen molar-refractivity contribution in [1.29, 1.82) is 0 Å². The lowest BCUT2D eigenvalue weighted by Crippen LogP contribution is -2.55. The van der Waals surface area contributed by atoms with E-state index in [9.17, 15) is 4.79 Å². The van der Waals surface area contributed by atoms with Crippen molar-refractivity contribution in [2.45, 2.75) is 19.4 Å². The molecule has 1 aliphatic carbocycles. The summed E-state index contributed by atoms with van der Waals surface area (Å²) in [6.45, 7) is 4.15. The highest BCUT2D eigenvalue weighted by atomic mass is 16.2. The van der Waals surface area contributed by atoms with Gasteiger partial charge in [-0.2, -0.15) is 0 Å². The zero-order chi connectivity index (χ0) is 23.7. The fourth-order valence-electron chi connectivity index (χ4n) is 4.61. The Kier molecular flexibility index (Phi) is 5.88. The number of hydrogen-bond donors (Lipinski definition) is 1. The second kappa shape index (κ2) is 9.13. The van der Waals surface area contributed by atoms with E-state index in [0.717, 1.165) is 53.5 Å². The van der Waals surface area contributed by atoms with E-state index in [4.69, 9.17) is 0 Å². The lowest BCUT2D eigenvalue weighted by molar-refractivity contribution is 0.184. The van der Waals surface area contributed by atoms with Gasteiger partial charge in [-0.25, -0.2) is 14.8 Å². The van der Waals surface area contributed by atoms with Crippen LogP contribution >= 0.6 is 0 Å². The molecular formula is C26H29N7O. The Hall–Kier alpha value is -3.94. The monoisotopic (exact) mass is 455 g/mol. The molecule has 3 heterocycles. The number of nitrogens with one attached hydrogen (secondary N) is 1. The lowest BCUT2D eigenvalue weighted by Gasteiger charge is -2.40. The molecule has 1 N–H and O–H groups in total. The molecule has 0 saturated carbocycles. The van der Waals surface area contributed by atoms with Crippen molar-refractivity contribution in [3.63, 3.8) is 0 Å². The average Bonchev–Trinajstić information content (AvgIpc) is 3.29. The topological polar surface area (TPSA) is 77.5 Å². The van der Waals surface area contributed by atoms with Gasteiger partial charge in [0.1, 0.15) is 12.1 Å². The summed E-state index contributed by atoms with van der Waals surface area (Å²) in [5.41, 5.74) is 6.41. The number of amides is 2. The Bertz CT molecular complexity index is 1210.